The van der Waals surface area contributed by atoms with E-state index in [9.17, 15) is 18.0 Å². The van der Waals surface area contributed by atoms with E-state index in [0.29, 0.717) is 11.4 Å². The van der Waals surface area contributed by atoms with Crippen molar-refractivity contribution in [2.75, 3.05) is 6.54 Å². The standard InChI is InChI=1S/C10H14F3N3OS/c11-10(12,13)3-1-2-4-15-9(17)7-6-18-8(5-14)16-7/h6H,1-5,14H2,(H,15,17). The number of amides is 1. The van der Waals surface area contributed by atoms with E-state index in [4.69, 9.17) is 5.73 Å². The molecule has 0 spiro atoms. The van der Waals surface area contributed by atoms with Gasteiger partial charge in [0.25, 0.3) is 5.91 Å². The number of nitrogens with two attached hydrogens (primary N) is 1. The van der Waals surface area contributed by atoms with Gasteiger partial charge in [-0.3, -0.25) is 4.79 Å². The molecule has 0 atom stereocenters. The lowest BCUT2D eigenvalue weighted by Crippen LogP contribution is -2.25. The van der Waals surface area contributed by atoms with Crippen LogP contribution in [0.2, 0.25) is 0 Å². The minimum Gasteiger partial charge on any atom is -0.351 e. The zero-order valence-electron chi connectivity index (χ0n) is 9.59. The highest BCUT2D eigenvalue weighted by atomic mass is 32.1. The van der Waals surface area contributed by atoms with Gasteiger partial charge in [-0.05, 0) is 12.8 Å². The molecular weight excluding hydrogens is 267 g/mol. The van der Waals surface area contributed by atoms with Crippen LogP contribution in [0.5, 0.6) is 0 Å². The van der Waals surface area contributed by atoms with Crippen molar-refractivity contribution in [3.8, 4) is 0 Å². The quantitative estimate of drug-likeness (QED) is 0.784. The first kappa shape index (κ1) is 14.9. The molecule has 0 unspecified atom stereocenters. The van der Waals surface area contributed by atoms with E-state index in [-0.39, 0.29) is 31.1 Å². The Kier molecular flexibility index (Phi) is 5.54. The lowest BCUT2D eigenvalue weighted by Gasteiger charge is -2.06. The summed E-state index contributed by atoms with van der Waals surface area (Å²) in [5, 5.41) is 4.75. The van der Waals surface area contributed by atoms with Crippen molar-refractivity contribution < 1.29 is 18.0 Å². The third-order valence-corrected chi connectivity index (χ3v) is 3.00. The van der Waals surface area contributed by atoms with Crippen molar-refractivity contribution in [1.29, 1.82) is 0 Å². The van der Waals surface area contributed by atoms with Crippen molar-refractivity contribution in [1.82, 2.24) is 10.3 Å². The molecule has 0 bridgehead atoms. The molecule has 1 heterocycles. The number of hydrogen-bond acceptors (Lipinski definition) is 4. The summed E-state index contributed by atoms with van der Waals surface area (Å²) in [7, 11) is 0. The number of aromatic nitrogens is 1. The van der Waals surface area contributed by atoms with Crippen LogP contribution in [0.25, 0.3) is 0 Å². The maximum atomic E-state index is 11.8. The number of halogens is 3. The second-order valence-electron chi connectivity index (χ2n) is 3.66. The number of unbranched alkanes of at least 4 members (excludes halogenated alkanes) is 1. The van der Waals surface area contributed by atoms with Crippen LogP contribution in [0.1, 0.15) is 34.8 Å². The Morgan fingerprint density at radius 1 is 1.44 bits per heavy atom. The van der Waals surface area contributed by atoms with Crippen LogP contribution in [0.15, 0.2) is 5.38 Å². The van der Waals surface area contributed by atoms with Crippen molar-refractivity contribution in [2.24, 2.45) is 5.73 Å². The Hall–Kier alpha value is -1.15. The zero-order valence-corrected chi connectivity index (χ0v) is 10.4. The molecule has 1 aromatic rings. The van der Waals surface area contributed by atoms with Gasteiger partial charge < -0.3 is 11.1 Å². The van der Waals surface area contributed by atoms with Gasteiger partial charge in [-0.1, -0.05) is 0 Å². The number of carbonyl (C=O) groups is 1. The fourth-order valence-corrected chi connectivity index (χ4v) is 1.91. The maximum absolute atomic E-state index is 11.8. The van der Waals surface area contributed by atoms with Crippen LogP contribution in [0, 0.1) is 0 Å². The molecule has 0 aromatic carbocycles. The molecule has 1 aromatic heterocycles. The third-order valence-electron chi connectivity index (χ3n) is 2.13. The minimum absolute atomic E-state index is 0.00882. The monoisotopic (exact) mass is 281 g/mol. The lowest BCUT2D eigenvalue weighted by atomic mass is 10.2. The number of carbonyl (C=O) groups excluding carboxylic acids is 1. The molecule has 1 amide bonds. The predicted octanol–water partition coefficient (Wildman–Crippen LogP) is 2.06. The molecule has 0 aliphatic carbocycles. The van der Waals surface area contributed by atoms with Gasteiger partial charge in [0.05, 0.1) is 0 Å². The molecule has 4 nitrogen and oxygen atoms in total. The van der Waals surface area contributed by atoms with E-state index in [0.717, 1.165) is 0 Å². The summed E-state index contributed by atoms with van der Waals surface area (Å²) < 4.78 is 35.5. The van der Waals surface area contributed by atoms with E-state index < -0.39 is 12.6 Å². The smallest absolute Gasteiger partial charge is 0.351 e. The van der Waals surface area contributed by atoms with E-state index in [1.54, 1.807) is 5.38 Å². The van der Waals surface area contributed by atoms with E-state index in [1.165, 1.54) is 11.3 Å². The second-order valence-corrected chi connectivity index (χ2v) is 4.60. The Labute approximate surface area is 106 Å². The molecule has 8 heteroatoms. The molecule has 0 saturated heterocycles. The van der Waals surface area contributed by atoms with Gasteiger partial charge in [0.15, 0.2) is 0 Å². The molecule has 102 valence electrons. The summed E-state index contributed by atoms with van der Waals surface area (Å²) in [6.45, 7) is 0.480. The van der Waals surface area contributed by atoms with Gasteiger partial charge in [-0.15, -0.1) is 11.3 Å². The summed E-state index contributed by atoms with van der Waals surface area (Å²) in [6.07, 6.45) is -4.65. The predicted molar refractivity (Wildman–Crippen MR) is 62.2 cm³/mol. The Balaban J connectivity index is 2.21. The molecule has 0 aliphatic rings. The number of alkyl halides is 3. The topological polar surface area (TPSA) is 68.0 Å². The highest BCUT2D eigenvalue weighted by molar-refractivity contribution is 7.09. The van der Waals surface area contributed by atoms with Crippen molar-refractivity contribution in [3.05, 3.63) is 16.1 Å². The number of thiazole rings is 1. The van der Waals surface area contributed by atoms with Gasteiger partial charge in [0.1, 0.15) is 10.7 Å². The summed E-state index contributed by atoms with van der Waals surface area (Å²) in [6, 6.07) is 0. The zero-order chi connectivity index (χ0) is 13.6. The Morgan fingerprint density at radius 2 is 2.17 bits per heavy atom. The summed E-state index contributed by atoms with van der Waals surface area (Å²) in [4.78, 5) is 15.5. The molecule has 1 rings (SSSR count). The van der Waals surface area contributed by atoms with Crippen molar-refractivity contribution in [2.45, 2.75) is 32.0 Å². The average molecular weight is 281 g/mol. The third kappa shape index (κ3) is 5.46. The summed E-state index contributed by atoms with van der Waals surface area (Å²) in [5.74, 6) is -0.377. The summed E-state index contributed by atoms with van der Waals surface area (Å²) >= 11 is 1.28. The average Bonchev–Trinajstić information content (AvgIpc) is 2.75. The van der Waals surface area contributed by atoms with Gasteiger partial charge in [-0.2, -0.15) is 13.2 Å². The lowest BCUT2D eigenvalue weighted by molar-refractivity contribution is -0.135. The van der Waals surface area contributed by atoms with Gasteiger partial charge in [-0.25, -0.2) is 4.98 Å². The van der Waals surface area contributed by atoms with Crippen LogP contribution >= 0.6 is 11.3 Å². The highest BCUT2D eigenvalue weighted by Gasteiger charge is 2.25. The Morgan fingerprint density at radius 3 is 2.72 bits per heavy atom. The highest BCUT2D eigenvalue weighted by Crippen LogP contribution is 2.21. The first-order valence-electron chi connectivity index (χ1n) is 5.42. The second kappa shape index (κ2) is 6.69. The minimum atomic E-state index is -4.13. The SMILES string of the molecule is NCc1nc(C(=O)NCCCCC(F)(F)F)cs1. The number of rotatable bonds is 6. The van der Waals surface area contributed by atoms with Crippen molar-refractivity contribution in [3.63, 3.8) is 0 Å². The summed E-state index contributed by atoms with van der Waals surface area (Å²) in [5.41, 5.74) is 5.61. The van der Waals surface area contributed by atoms with Crippen LogP contribution < -0.4 is 11.1 Å². The molecule has 3 N–H and O–H groups in total. The van der Waals surface area contributed by atoms with Crippen molar-refractivity contribution >= 4 is 17.2 Å². The number of nitrogens with one attached hydrogen (secondary N) is 1. The fraction of sp³-hybridized carbons (Fsp3) is 0.600. The van der Waals surface area contributed by atoms with Gasteiger partial charge >= 0.3 is 6.18 Å². The molecule has 0 fully saturated rings. The van der Waals surface area contributed by atoms with E-state index in [2.05, 4.69) is 10.3 Å². The maximum Gasteiger partial charge on any atom is 0.389 e. The first-order valence-corrected chi connectivity index (χ1v) is 6.30. The van der Waals surface area contributed by atoms with Crippen LogP contribution in [0.4, 0.5) is 13.2 Å². The molecule has 0 saturated carbocycles. The molecule has 0 radical (unpaired) electrons. The number of nitrogens with zero attached hydrogens (tertiary/aromatic N) is 1. The molecule has 18 heavy (non-hydrogen) atoms. The Bertz CT molecular complexity index is 392. The fourth-order valence-electron chi connectivity index (χ4n) is 1.25. The first-order chi connectivity index (χ1) is 8.42. The van der Waals surface area contributed by atoms with Gasteiger partial charge in [0.2, 0.25) is 0 Å². The van der Waals surface area contributed by atoms with Crippen LogP contribution in [-0.2, 0) is 6.54 Å². The molecule has 0 aliphatic heterocycles. The number of hydrogen-bond donors (Lipinski definition) is 2. The largest absolute Gasteiger partial charge is 0.389 e. The van der Waals surface area contributed by atoms with Crippen LogP contribution in [-0.4, -0.2) is 23.6 Å². The van der Waals surface area contributed by atoms with E-state index in [1.807, 2.05) is 0 Å². The molecular formula is C10H14F3N3OS. The van der Waals surface area contributed by atoms with Gasteiger partial charge in [0, 0.05) is 24.9 Å². The van der Waals surface area contributed by atoms with Crippen LogP contribution in [0.3, 0.4) is 0 Å². The normalized spacial score (nSPS) is 11.6. The van der Waals surface area contributed by atoms with E-state index >= 15 is 0 Å².